The second-order valence-corrected chi connectivity index (χ2v) is 14.3. The number of hydrogen-bond donors (Lipinski definition) is 3. The number of hydrogen-bond acceptors (Lipinski definition) is 6. The van der Waals surface area contributed by atoms with Gasteiger partial charge in [0.1, 0.15) is 6.54 Å². The topological polar surface area (TPSA) is 153 Å². The molecule has 0 aromatic heterocycles. The van der Waals surface area contributed by atoms with Crippen LogP contribution in [0.5, 0.6) is 0 Å². The molecule has 0 spiro atoms. The highest BCUT2D eigenvalue weighted by molar-refractivity contribution is 6.09. The Hall–Kier alpha value is -7.11. The first-order valence-electron chi connectivity index (χ1n) is 19.0. The number of aliphatic carboxylic acids is 1. The molecular weight excluding hydrogens is 731 g/mol. The summed E-state index contributed by atoms with van der Waals surface area (Å²) >= 11 is 0. The summed E-state index contributed by atoms with van der Waals surface area (Å²) in [4.78, 5) is 69.6. The van der Waals surface area contributed by atoms with E-state index in [2.05, 4.69) is 11.4 Å². The number of carboxylic acid groups (broad SMARTS) is 1. The van der Waals surface area contributed by atoms with E-state index in [1.165, 1.54) is 0 Å². The predicted octanol–water partition coefficient (Wildman–Crippen LogP) is 7.30. The Morgan fingerprint density at radius 3 is 1.64 bits per heavy atom. The summed E-state index contributed by atoms with van der Waals surface area (Å²) in [5.74, 6) is -2.35. The zero-order chi connectivity index (χ0) is 41.2. The molecule has 11 nitrogen and oxygen atoms in total. The fourth-order valence-electron chi connectivity index (χ4n) is 6.60. The standard InChI is InChI=1S/C47H45N5O6/c1-32(2)29-51(41-20-14-36(15-21-41)45(56)49-28-44(54)55)46(57)37-18-24-42(25-19-37)52(31-34-12-13-35-10-6-7-11-39(35)26-34)47(58)38-16-22-40(23-17-38)50(43(53)27-48)30-33-8-4-3-5-9-33/h3-26,32H,27-31,48H2,1-2H3,(H,49,56)(H,54,55). The molecule has 6 rings (SSSR count). The normalized spacial score (nSPS) is 10.9. The second-order valence-electron chi connectivity index (χ2n) is 14.3. The largest absolute Gasteiger partial charge is 0.480 e. The van der Waals surface area contributed by atoms with E-state index in [1.807, 2.05) is 80.6 Å². The first-order chi connectivity index (χ1) is 28.0. The molecule has 0 aliphatic heterocycles. The van der Waals surface area contributed by atoms with Crippen molar-refractivity contribution in [3.63, 3.8) is 0 Å². The quantitative estimate of drug-likeness (QED) is 0.0990. The van der Waals surface area contributed by atoms with Gasteiger partial charge in [-0.1, -0.05) is 80.6 Å². The molecule has 0 aliphatic rings. The number of rotatable bonds is 15. The molecule has 0 fully saturated rings. The molecular formula is C47H45N5O6. The molecule has 11 heteroatoms. The zero-order valence-corrected chi connectivity index (χ0v) is 32.4. The smallest absolute Gasteiger partial charge is 0.322 e. The van der Waals surface area contributed by atoms with Crippen LogP contribution < -0.4 is 25.8 Å². The third kappa shape index (κ3) is 10.00. The molecule has 6 aromatic rings. The minimum Gasteiger partial charge on any atom is -0.480 e. The van der Waals surface area contributed by atoms with Gasteiger partial charge >= 0.3 is 5.97 Å². The molecule has 0 saturated heterocycles. The average molecular weight is 776 g/mol. The Labute approximate surface area is 337 Å². The van der Waals surface area contributed by atoms with Crippen LogP contribution in [0.15, 0.2) is 146 Å². The second kappa shape index (κ2) is 18.7. The summed E-state index contributed by atoms with van der Waals surface area (Å²) in [5, 5.41) is 13.4. The number of nitrogens with two attached hydrogens (primary N) is 1. The van der Waals surface area contributed by atoms with Crippen molar-refractivity contribution in [3.05, 3.63) is 173 Å². The molecule has 0 heterocycles. The van der Waals surface area contributed by atoms with Crippen LogP contribution in [-0.4, -0.2) is 54.3 Å². The van der Waals surface area contributed by atoms with Crippen LogP contribution >= 0.6 is 0 Å². The molecule has 0 aliphatic carbocycles. The first kappa shape index (κ1) is 40.6. The van der Waals surface area contributed by atoms with Gasteiger partial charge in [0, 0.05) is 40.3 Å². The lowest BCUT2D eigenvalue weighted by atomic mass is 10.1. The fraction of sp³-hybridized carbons (Fsp3) is 0.170. The van der Waals surface area contributed by atoms with Gasteiger partial charge in [-0.2, -0.15) is 0 Å². The zero-order valence-electron chi connectivity index (χ0n) is 32.4. The first-order valence-corrected chi connectivity index (χ1v) is 19.0. The number of carbonyl (C=O) groups is 5. The van der Waals surface area contributed by atoms with Crippen molar-refractivity contribution in [2.45, 2.75) is 26.9 Å². The van der Waals surface area contributed by atoms with E-state index in [0.717, 1.165) is 21.9 Å². The maximum Gasteiger partial charge on any atom is 0.322 e. The van der Waals surface area contributed by atoms with Gasteiger partial charge in [-0.25, -0.2) is 0 Å². The van der Waals surface area contributed by atoms with E-state index in [0.29, 0.717) is 41.3 Å². The number of carbonyl (C=O) groups excluding carboxylic acids is 4. The Kier molecular flexibility index (Phi) is 13.1. The van der Waals surface area contributed by atoms with E-state index < -0.39 is 18.4 Å². The molecule has 0 saturated carbocycles. The maximum atomic E-state index is 14.5. The molecule has 0 bridgehead atoms. The number of amides is 4. The summed E-state index contributed by atoms with van der Waals surface area (Å²) in [5.41, 5.74) is 10.5. The lowest BCUT2D eigenvalue weighted by Gasteiger charge is -2.26. The molecule has 4 amide bonds. The van der Waals surface area contributed by atoms with Crippen molar-refractivity contribution in [2.75, 3.05) is 34.3 Å². The highest BCUT2D eigenvalue weighted by Crippen LogP contribution is 2.27. The lowest BCUT2D eigenvalue weighted by Crippen LogP contribution is -2.35. The number of carboxylic acids is 1. The van der Waals surface area contributed by atoms with Crippen molar-refractivity contribution >= 4 is 57.4 Å². The van der Waals surface area contributed by atoms with E-state index in [4.69, 9.17) is 10.8 Å². The van der Waals surface area contributed by atoms with Crippen LogP contribution in [0.1, 0.15) is 56.0 Å². The third-order valence-corrected chi connectivity index (χ3v) is 9.54. The Bertz CT molecular complexity index is 2400. The van der Waals surface area contributed by atoms with Gasteiger partial charge < -0.3 is 30.9 Å². The van der Waals surface area contributed by atoms with Gasteiger partial charge in [-0.3, -0.25) is 24.0 Å². The van der Waals surface area contributed by atoms with Crippen molar-refractivity contribution in [1.29, 1.82) is 0 Å². The van der Waals surface area contributed by atoms with Gasteiger partial charge in [0.25, 0.3) is 17.7 Å². The SMILES string of the molecule is CC(C)CN(C(=O)c1ccc(N(Cc2ccc3ccccc3c2)C(=O)c2ccc(N(Cc3ccccc3)C(=O)CN)cc2)cc1)c1ccc(C(=O)NCC(=O)O)cc1. The monoisotopic (exact) mass is 775 g/mol. The molecule has 294 valence electrons. The van der Waals surface area contributed by atoms with Crippen molar-refractivity contribution in [3.8, 4) is 0 Å². The van der Waals surface area contributed by atoms with Crippen LogP contribution in [0, 0.1) is 5.92 Å². The molecule has 58 heavy (non-hydrogen) atoms. The summed E-state index contributed by atoms with van der Waals surface area (Å²) in [7, 11) is 0. The average Bonchev–Trinajstić information content (AvgIpc) is 3.25. The van der Waals surface area contributed by atoms with Crippen LogP contribution in [0.25, 0.3) is 10.8 Å². The maximum absolute atomic E-state index is 14.5. The number of benzene rings is 6. The van der Waals surface area contributed by atoms with E-state index >= 15 is 0 Å². The molecule has 6 aromatic carbocycles. The minimum absolute atomic E-state index is 0.113. The van der Waals surface area contributed by atoms with Crippen molar-refractivity contribution in [2.24, 2.45) is 11.7 Å². The van der Waals surface area contributed by atoms with Crippen LogP contribution in [0.4, 0.5) is 17.1 Å². The van der Waals surface area contributed by atoms with Gasteiger partial charge in [0.05, 0.1) is 19.6 Å². The molecule has 4 N–H and O–H groups in total. The summed E-state index contributed by atoms with van der Waals surface area (Å²) in [6, 6.07) is 43.9. The van der Waals surface area contributed by atoms with Gasteiger partial charge in [0.15, 0.2) is 0 Å². The van der Waals surface area contributed by atoms with Crippen LogP contribution in [0.3, 0.4) is 0 Å². The Morgan fingerprint density at radius 2 is 1.07 bits per heavy atom. The highest BCUT2D eigenvalue weighted by atomic mass is 16.4. The molecule has 0 radical (unpaired) electrons. The Balaban J connectivity index is 1.28. The van der Waals surface area contributed by atoms with Gasteiger partial charge in [0.2, 0.25) is 5.91 Å². The van der Waals surface area contributed by atoms with E-state index in [-0.39, 0.29) is 42.3 Å². The summed E-state index contributed by atoms with van der Waals surface area (Å²) < 4.78 is 0. The summed E-state index contributed by atoms with van der Waals surface area (Å²) in [6.07, 6.45) is 0. The lowest BCUT2D eigenvalue weighted by molar-refractivity contribution is -0.135. The molecule has 0 unspecified atom stereocenters. The van der Waals surface area contributed by atoms with E-state index in [1.54, 1.807) is 87.5 Å². The molecule has 0 atom stereocenters. The van der Waals surface area contributed by atoms with Crippen molar-refractivity contribution < 1.29 is 29.1 Å². The highest BCUT2D eigenvalue weighted by Gasteiger charge is 2.23. The fourth-order valence-corrected chi connectivity index (χ4v) is 6.60. The minimum atomic E-state index is -1.15. The van der Waals surface area contributed by atoms with E-state index in [9.17, 15) is 24.0 Å². The Morgan fingerprint density at radius 1 is 0.569 bits per heavy atom. The number of anilines is 3. The number of nitrogens with one attached hydrogen (secondary N) is 1. The van der Waals surface area contributed by atoms with Gasteiger partial charge in [-0.05, 0) is 107 Å². The summed E-state index contributed by atoms with van der Waals surface area (Å²) in [6.45, 7) is 4.30. The van der Waals surface area contributed by atoms with Crippen LogP contribution in [0.2, 0.25) is 0 Å². The number of nitrogens with zero attached hydrogens (tertiary/aromatic N) is 3. The van der Waals surface area contributed by atoms with Crippen LogP contribution in [-0.2, 0) is 22.7 Å². The van der Waals surface area contributed by atoms with Crippen molar-refractivity contribution in [1.82, 2.24) is 5.32 Å². The predicted molar refractivity (Wildman–Crippen MR) is 227 cm³/mol. The van der Waals surface area contributed by atoms with Gasteiger partial charge in [-0.15, -0.1) is 0 Å². The number of fused-ring (bicyclic) bond motifs is 1. The third-order valence-electron chi connectivity index (χ3n) is 9.54.